The summed E-state index contributed by atoms with van der Waals surface area (Å²) in [6, 6.07) is 4.12. The third-order valence-electron chi connectivity index (χ3n) is 1.83. The first-order chi connectivity index (χ1) is 7.00. The van der Waals surface area contributed by atoms with Gasteiger partial charge in [-0.2, -0.15) is 0 Å². The summed E-state index contributed by atoms with van der Waals surface area (Å²) in [5, 5.41) is 8.55. The van der Waals surface area contributed by atoms with Crippen molar-refractivity contribution in [3.05, 3.63) is 34.6 Å². The normalized spacial score (nSPS) is 12.5. The van der Waals surface area contributed by atoms with Gasteiger partial charge in [-0.25, -0.2) is 9.18 Å². The summed E-state index contributed by atoms with van der Waals surface area (Å²) in [5.41, 5.74) is 0.634. The molecule has 1 aromatic carbocycles. The SMILES string of the molecule is CC(OCc1ccc(F)c(Cl)c1)C(=O)O. The van der Waals surface area contributed by atoms with E-state index >= 15 is 0 Å². The lowest BCUT2D eigenvalue weighted by Gasteiger charge is -2.08. The molecule has 1 aromatic rings. The molecule has 0 aliphatic rings. The molecule has 3 nitrogen and oxygen atoms in total. The third-order valence-corrected chi connectivity index (χ3v) is 2.12. The Balaban J connectivity index is 2.58. The Kier molecular flexibility index (Phi) is 4.05. The molecule has 0 aromatic heterocycles. The third kappa shape index (κ3) is 3.49. The van der Waals surface area contributed by atoms with Gasteiger partial charge in [0, 0.05) is 0 Å². The van der Waals surface area contributed by atoms with Crippen LogP contribution in [0.5, 0.6) is 0 Å². The van der Waals surface area contributed by atoms with Crippen molar-refractivity contribution in [3.8, 4) is 0 Å². The summed E-state index contributed by atoms with van der Waals surface area (Å²) in [4.78, 5) is 10.4. The van der Waals surface area contributed by atoms with E-state index in [9.17, 15) is 9.18 Å². The second kappa shape index (κ2) is 5.09. The number of aliphatic carboxylic acids is 1. The molecule has 0 radical (unpaired) electrons. The van der Waals surface area contributed by atoms with Gasteiger partial charge >= 0.3 is 5.97 Å². The van der Waals surface area contributed by atoms with E-state index in [1.165, 1.54) is 25.1 Å². The molecule has 15 heavy (non-hydrogen) atoms. The van der Waals surface area contributed by atoms with Gasteiger partial charge in [-0.05, 0) is 24.6 Å². The zero-order valence-corrected chi connectivity index (χ0v) is 8.79. The molecule has 0 saturated heterocycles. The molecule has 0 amide bonds. The van der Waals surface area contributed by atoms with Crippen LogP contribution in [0.4, 0.5) is 4.39 Å². The first kappa shape index (κ1) is 11.9. The highest BCUT2D eigenvalue weighted by Gasteiger charge is 2.11. The summed E-state index contributed by atoms with van der Waals surface area (Å²) < 4.78 is 17.8. The average molecular weight is 233 g/mol. The Bertz CT molecular complexity index is 368. The number of rotatable bonds is 4. The Morgan fingerprint density at radius 2 is 2.33 bits per heavy atom. The topological polar surface area (TPSA) is 46.5 Å². The van der Waals surface area contributed by atoms with Gasteiger partial charge in [-0.3, -0.25) is 0 Å². The zero-order valence-electron chi connectivity index (χ0n) is 8.04. The Labute approximate surface area is 91.4 Å². The number of hydrogen-bond acceptors (Lipinski definition) is 2. The molecule has 5 heteroatoms. The van der Waals surface area contributed by atoms with Crippen molar-refractivity contribution in [2.45, 2.75) is 19.6 Å². The molecule has 0 heterocycles. The van der Waals surface area contributed by atoms with Crippen LogP contribution in [0, 0.1) is 5.82 Å². The van der Waals surface area contributed by atoms with E-state index < -0.39 is 17.9 Å². The highest BCUT2D eigenvalue weighted by molar-refractivity contribution is 6.30. The van der Waals surface area contributed by atoms with Gasteiger partial charge < -0.3 is 9.84 Å². The van der Waals surface area contributed by atoms with Crippen molar-refractivity contribution >= 4 is 17.6 Å². The lowest BCUT2D eigenvalue weighted by molar-refractivity contribution is -0.149. The molecular formula is C10H10ClFO3. The number of carbonyl (C=O) groups is 1. The van der Waals surface area contributed by atoms with Gasteiger partial charge in [0.05, 0.1) is 11.6 Å². The minimum absolute atomic E-state index is 0.000854. The molecular weight excluding hydrogens is 223 g/mol. The van der Waals surface area contributed by atoms with Crippen molar-refractivity contribution in [3.63, 3.8) is 0 Å². The number of benzene rings is 1. The maximum Gasteiger partial charge on any atom is 0.332 e. The molecule has 0 saturated carbocycles. The van der Waals surface area contributed by atoms with E-state index in [0.29, 0.717) is 5.56 Å². The standard InChI is InChI=1S/C10H10ClFO3/c1-6(10(13)14)15-5-7-2-3-9(12)8(11)4-7/h2-4,6H,5H2,1H3,(H,13,14). The van der Waals surface area contributed by atoms with Crippen LogP contribution >= 0.6 is 11.6 Å². The molecule has 0 aliphatic heterocycles. The molecule has 0 bridgehead atoms. The summed E-state index contributed by atoms with van der Waals surface area (Å²) >= 11 is 5.54. The van der Waals surface area contributed by atoms with Crippen LogP contribution in [0.2, 0.25) is 5.02 Å². The molecule has 1 unspecified atom stereocenters. The summed E-state index contributed by atoms with van der Waals surface area (Å²) in [6.45, 7) is 1.51. The van der Waals surface area contributed by atoms with Gasteiger partial charge in [-0.15, -0.1) is 0 Å². The van der Waals surface area contributed by atoms with Crippen LogP contribution in [0.1, 0.15) is 12.5 Å². The second-order valence-corrected chi connectivity index (χ2v) is 3.45. The molecule has 0 aliphatic carbocycles. The molecule has 0 spiro atoms. The Morgan fingerprint density at radius 1 is 1.67 bits per heavy atom. The van der Waals surface area contributed by atoms with Crippen molar-refractivity contribution in [1.29, 1.82) is 0 Å². The molecule has 1 atom stereocenters. The van der Waals surface area contributed by atoms with Crippen molar-refractivity contribution < 1.29 is 19.0 Å². The van der Waals surface area contributed by atoms with Crippen LogP contribution < -0.4 is 0 Å². The molecule has 0 fully saturated rings. The van der Waals surface area contributed by atoms with Crippen molar-refractivity contribution in [1.82, 2.24) is 0 Å². The quantitative estimate of drug-likeness (QED) is 0.868. The Hall–Kier alpha value is -1.13. The zero-order chi connectivity index (χ0) is 11.4. The van der Waals surface area contributed by atoms with E-state index in [-0.39, 0.29) is 11.6 Å². The van der Waals surface area contributed by atoms with E-state index in [1.54, 1.807) is 0 Å². The second-order valence-electron chi connectivity index (χ2n) is 3.04. The number of carboxylic acid groups (broad SMARTS) is 1. The van der Waals surface area contributed by atoms with Gasteiger partial charge in [0.15, 0.2) is 6.10 Å². The number of halogens is 2. The largest absolute Gasteiger partial charge is 0.479 e. The monoisotopic (exact) mass is 232 g/mol. The highest BCUT2D eigenvalue weighted by Crippen LogP contribution is 2.16. The minimum atomic E-state index is -1.04. The van der Waals surface area contributed by atoms with Gasteiger partial charge in [0.25, 0.3) is 0 Å². The number of ether oxygens (including phenoxy) is 1. The maximum absolute atomic E-state index is 12.8. The lowest BCUT2D eigenvalue weighted by Crippen LogP contribution is -2.19. The Morgan fingerprint density at radius 3 is 2.87 bits per heavy atom. The summed E-state index contributed by atoms with van der Waals surface area (Å²) in [5.74, 6) is -1.55. The van der Waals surface area contributed by atoms with Crippen LogP contribution in [0.15, 0.2) is 18.2 Å². The van der Waals surface area contributed by atoms with E-state index in [2.05, 4.69) is 0 Å². The fraction of sp³-hybridized carbons (Fsp3) is 0.300. The van der Waals surface area contributed by atoms with Crippen LogP contribution in [-0.4, -0.2) is 17.2 Å². The predicted octanol–water partition coefficient (Wildman–Crippen LogP) is 2.47. The fourth-order valence-corrected chi connectivity index (χ4v) is 1.13. The van der Waals surface area contributed by atoms with Crippen LogP contribution in [-0.2, 0) is 16.1 Å². The van der Waals surface area contributed by atoms with Gasteiger partial charge in [-0.1, -0.05) is 17.7 Å². The fourth-order valence-electron chi connectivity index (χ4n) is 0.922. The summed E-state index contributed by atoms with van der Waals surface area (Å²) in [6.07, 6.45) is -0.895. The summed E-state index contributed by atoms with van der Waals surface area (Å²) in [7, 11) is 0. The first-order valence-corrected chi connectivity index (χ1v) is 4.67. The van der Waals surface area contributed by atoms with E-state index in [1.807, 2.05) is 0 Å². The van der Waals surface area contributed by atoms with Gasteiger partial charge in [0.2, 0.25) is 0 Å². The first-order valence-electron chi connectivity index (χ1n) is 4.29. The lowest BCUT2D eigenvalue weighted by atomic mass is 10.2. The van der Waals surface area contributed by atoms with Crippen molar-refractivity contribution in [2.24, 2.45) is 0 Å². The molecule has 1 N–H and O–H groups in total. The molecule has 82 valence electrons. The van der Waals surface area contributed by atoms with Crippen LogP contribution in [0.25, 0.3) is 0 Å². The van der Waals surface area contributed by atoms with Crippen LogP contribution in [0.3, 0.4) is 0 Å². The maximum atomic E-state index is 12.8. The highest BCUT2D eigenvalue weighted by atomic mass is 35.5. The van der Waals surface area contributed by atoms with Gasteiger partial charge in [0.1, 0.15) is 5.82 Å². The number of hydrogen-bond donors (Lipinski definition) is 1. The average Bonchev–Trinajstić information content (AvgIpc) is 2.19. The smallest absolute Gasteiger partial charge is 0.332 e. The predicted molar refractivity (Wildman–Crippen MR) is 53.3 cm³/mol. The van der Waals surface area contributed by atoms with Crippen molar-refractivity contribution in [2.75, 3.05) is 0 Å². The molecule has 1 rings (SSSR count). The minimum Gasteiger partial charge on any atom is -0.479 e. The number of carboxylic acids is 1. The van der Waals surface area contributed by atoms with E-state index in [0.717, 1.165) is 0 Å². The van der Waals surface area contributed by atoms with E-state index in [4.69, 9.17) is 21.4 Å².